The summed E-state index contributed by atoms with van der Waals surface area (Å²) >= 11 is 0. The van der Waals surface area contributed by atoms with Gasteiger partial charge in [0, 0.05) is 25.7 Å². The normalized spacial score (nSPS) is 30.2. The molecule has 0 spiro atoms. The minimum absolute atomic E-state index is 0.000939. The maximum atomic E-state index is 12.4. The molecule has 2 fully saturated rings. The number of hydroxylamine groups is 3. The lowest BCUT2D eigenvalue weighted by molar-refractivity contribution is -0.903. The van der Waals surface area contributed by atoms with E-state index in [0.717, 1.165) is 0 Å². The van der Waals surface area contributed by atoms with Gasteiger partial charge in [0.15, 0.2) is 9.84 Å². The second-order valence-corrected chi connectivity index (χ2v) is 7.12. The summed E-state index contributed by atoms with van der Waals surface area (Å²) in [6.07, 6.45) is 2.23. The zero-order chi connectivity index (χ0) is 11.8. The van der Waals surface area contributed by atoms with Gasteiger partial charge >= 0.3 is 0 Å². The molecule has 0 bridgehead atoms. The molecule has 0 N–H and O–H groups in total. The Morgan fingerprint density at radius 2 is 1.62 bits per heavy atom. The van der Waals surface area contributed by atoms with Crippen LogP contribution >= 0.6 is 0 Å². The molecule has 1 aliphatic carbocycles. The predicted octanol–water partition coefficient (Wildman–Crippen LogP) is 0.241. The van der Waals surface area contributed by atoms with Crippen LogP contribution in [0, 0.1) is 5.21 Å². The Balaban J connectivity index is 2.01. The third-order valence-corrected chi connectivity index (χ3v) is 5.35. The number of quaternary nitrogens is 1. The molecule has 0 aromatic rings. The molecular weight excluding hydrogens is 230 g/mol. The maximum Gasteiger partial charge on any atom is 0.161 e. The highest BCUT2D eigenvalue weighted by Gasteiger charge is 2.37. The van der Waals surface area contributed by atoms with E-state index in [1.54, 1.807) is 0 Å². The van der Waals surface area contributed by atoms with E-state index in [1.807, 2.05) is 0 Å². The Kier molecular flexibility index (Phi) is 3.07. The second-order valence-electron chi connectivity index (χ2n) is 4.82. The van der Waals surface area contributed by atoms with Crippen LogP contribution in [0.5, 0.6) is 0 Å². The molecule has 2 aliphatic rings. The maximum absolute atomic E-state index is 12.4. The van der Waals surface area contributed by atoms with E-state index in [1.165, 1.54) is 0 Å². The van der Waals surface area contributed by atoms with E-state index in [4.69, 9.17) is 0 Å². The van der Waals surface area contributed by atoms with Gasteiger partial charge in [0.25, 0.3) is 0 Å². The molecule has 5 nitrogen and oxygen atoms in total. The molecule has 0 amide bonds. The van der Waals surface area contributed by atoms with Crippen LogP contribution in [0.1, 0.15) is 25.7 Å². The fourth-order valence-corrected chi connectivity index (χ4v) is 3.94. The molecule has 0 unspecified atom stereocenters. The first-order chi connectivity index (χ1) is 7.41. The number of sulfone groups is 1. The van der Waals surface area contributed by atoms with Crippen LogP contribution in [0.4, 0.5) is 0 Å². The topological polar surface area (TPSA) is 74.3 Å². The highest BCUT2D eigenvalue weighted by atomic mass is 32.2. The number of carbonyl (C=O) groups excluding carboxylic acids is 1. The van der Waals surface area contributed by atoms with E-state index in [0.29, 0.717) is 25.7 Å². The number of hydrogen-bond donors (Lipinski definition) is 0. The zero-order valence-corrected chi connectivity index (χ0v) is 10.0. The summed E-state index contributed by atoms with van der Waals surface area (Å²) in [6.45, 7) is 0.336. The first-order valence-electron chi connectivity index (χ1n) is 5.71. The molecule has 92 valence electrons. The van der Waals surface area contributed by atoms with Crippen molar-refractivity contribution in [1.82, 2.24) is 0 Å². The minimum atomic E-state index is -2.99. The molecule has 0 aromatic carbocycles. The summed E-state index contributed by atoms with van der Waals surface area (Å²) in [5, 5.41) is 12.4. The standard InChI is InChI=1S/C10H17NO4S/c12-10-3-1-9(2-4-10)11(13)5-7-16(14,15)8-6-11/h9H,1-8H2. The molecule has 1 heterocycles. The molecule has 1 saturated heterocycles. The van der Waals surface area contributed by atoms with Crippen molar-refractivity contribution < 1.29 is 17.9 Å². The van der Waals surface area contributed by atoms with Crippen molar-refractivity contribution in [3.05, 3.63) is 5.21 Å². The zero-order valence-electron chi connectivity index (χ0n) is 9.22. The number of Topliss-reactive ketones (excluding diaryl/α,β-unsaturated/α-hetero) is 1. The van der Waals surface area contributed by atoms with Gasteiger partial charge in [0.1, 0.15) is 5.78 Å². The van der Waals surface area contributed by atoms with Crippen molar-refractivity contribution in [2.24, 2.45) is 0 Å². The van der Waals surface area contributed by atoms with Crippen molar-refractivity contribution in [1.29, 1.82) is 0 Å². The molecule has 0 radical (unpaired) electrons. The van der Waals surface area contributed by atoms with Crippen LogP contribution in [0.15, 0.2) is 0 Å². The van der Waals surface area contributed by atoms with Gasteiger partial charge in [-0.3, -0.25) is 4.79 Å². The first kappa shape index (κ1) is 12.0. The lowest BCUT2D eigenvalue weighted by Gasteiger charge is -2.51. The Hall–Kier alpha value is -0.460. The van der Waals surface area contributed by atoms with Gasteiger partial charge in [0.05, 0.1) is 30.6 Å². The van der Waals surface area contributed by atoms with Crippen LogP contribution in [0.2, 0.25) is 0 Å². The van der Waals surface area contributed by atoms with Crippen molar-refractivity contribution in [3.63, 3.8) is 0 Å². The van der Waals surface area contributed by atoms with Gasteiger partial charge in [-0.25, -0.2) is 8.42 Å². The number of ketones is 1. The van der Waals surface area contributed by atoms with Gasteiger partial charge in [-0.1, -0.05) is 0 Å². The quantitative estimate of drug-likeness (QED) is 0.491. The lowest BCUT2D eigenvalue weighted by Crippen LogP contribution is -2.59. The third-order valence-electron chi connectivity index (χ3n) is 3.74. The smallest absolute Gasteiger partial charge is 0.161 e. The minimum Gasteiger partial charge on any atom is -0.633 e. The average molecular weight is 247 g/mol. The van der Waals surface area contributed by atoms with E-state index in [9.17, 15) is 18.4 Å². The molecule has 1 saturated carbocycles. The lowest BCUT2D eigenvalue weighted by atomic mass is 9.93. The summed E-state index contributed by atoms with van der Waals surface area (Å²) in [4.78, 5) is 11.1. The Labute approximate surface area is 95.5 Å². The number of nitrogens with zero attached hydrogens (tertiary/aromatic N) is 1. The van der Waals surface area contributed by atoms with Gasteiger partial charge < -0.3 is 9.85 Å². The summed E-state index contributed by atoms with van der Waals surface area (Å²) < 4.78 is 22.1. The van der Waals surface area contributed by atoms with Gasteiger partial charge in [0.2, 0.25) is 0 Å². The highest BCUT2D eigenvalue weighted by Crippen LogP contribution is 2.28. The van der Waals surface area contributed by atoms with E-state index >= 15 is 0 Å². The highest BCUT2D eigenvalue weighted by molar-refractivity contribution is 7.91. The predicted molar refractivity (Wildman–Crippen MR) is 59.3 cm³/mol. The molecule has 16 heavy (non-hydrogen) atoms. The largest absolute Gasteiger partial charge is 0.633 e. The number of rotatable bonds is 1. The second kappa shape index (κ2) is 4.09. The first-order valence-corrected chi connectivity index (χ1v) is 7.53. The van der Waals surface area contributed by atoms with Crippen molar-refractivity contribution >= 4 is 15.6 Å². The van der Waals surface area contributed by atoms with E-state index < -0.39 is 14.5 Å². The molecule has 1 aliphatic heterocycles. The van der Waals surface area contributed by atoms with E-state index in [2.05, 4.69) is 0 Å². The molecule has 2 rings (SSSR count). The van der Waals surface area contributed by atoms with Crippen molar-refractivity contribution in [3.8, 4) is 0 Å². The summed E-state index contributed by atoms with van der Waals surface area (Å²) in [5.74, 6) is 0.231. The van der Waals surface area contributed by atoms with Gasteiger partial charge in [-0.05, 0) is 0 Å². The molecule has 0 aromatic heterocycles. The van der Waals surface area contributed by atoms with Crippen LogP contribution in [0.25, 0.3) is 0 Å². The fourth-order valence-electron chi connectivity index (χ4n) is 2.56. The number of hydrogen-bond acceptors (Lipinski definition) is 4. The number of carbonyl (C=O) groups is 1. The Morgan fingerprint density at radius 3 is 2.12 bits per heavy atom. The average Bonchev–Trinajstić information content (AvgIpc) is 2.24. The van der Waals surface area contributed by atoms with Crippen LogP contribution < -0.4 is 0 Å². The molecular formula is C10H17NO4S. The Bertz CT molecular complexity index is 366. The van der Waals surface area contributed by atoms with Crippen molar-refractivity contribution in [2.75, 3.05) is 24.6 Å². The summed E-state index contributed by atoms with van der Waals surface area (Å²) in [5.41, 5.74) is 0. The third kappa shape index (κ3) is 2.44. The van der Waals surface area contributed by atoms with Crippen molar-refractivity contribution in [2.45, 2.75) is 31.7 Å². The van der Waals surface area contributed by atoms with Gasteiger partial charge in [-0.15, -0.1) is 0 Å². The van der Waals surface area contributed by atoms with Crippen LogP contribution in [-0.2, 0) is 14.6 Å². The van der Waals surface area contributed by atoms with E-state index in [-0.39, 0.29) is 36.4 Å². The SMILES string of the molecule is O=C1CCC([N+]2([O-])CCS(=O)(=O)CC2)CC1. The molecule has 0 atom stereocenters. The monoisotopic (exact) mass is 247 g/mol. The van der Waals surface area contributed by atoms with Crippen LogP contribution in [-0.4, -0.2) is 49.5 Å². The summed E-state index contributed by atoms with van der Waals surface area (Å²) in [6, 6.07) is -0.0619. The fraction of sp³-hybridized carbons (Fsp3) is 0.900. The summed E-state index contributed by atoms with van der Waals surface area (Å²) in [7, 11) is -2.99. The van der Waals surface area contributed by atoms with Crippen LogP contribution in [0.3, 0.4) is 0 Å². The van der Waals surface area contributed by atoms with Gasteiger partial charge in [-0.2, -0.15) is 0 Å². The Morgan fingerprint density at radius 1 is 1.12 bits per heavy atom. The molecule has 6 heteroatoms.